The predicted molar refractivity (Wildman–Crippen MR) is 58.8 cm³/mol. The molecular formula is C11H16N2O. The lowest BCUT2D eigenvalue weighted by molar-refractivity contribution is 0.469. The summed E-state index contributed by atoms with van der Waals surface area (Å²) >= 11 is 0. The molecule has 0 aliphatic heterocycles. The van der Waals surface area contributed by atoms with Crippen LogP contribution in [0, 0.1) is 0 Å². The van der Waals surface area contributed by atoms with Gasteiger partial charge in [0, 0.05) is 7.05 Å². The number of phenolic OH excluding ortho intramolecular Hbond substituents is 1. The van der Waals surface area contributed by atoms with Crippen LogP contribution in [0.2, 0.25) is 0 Å². The summed E-state index contributed by atoms with van der Waals surface area (Å²) in [6.07, 6.45) is 0.826. The second-order valence-electron chi connectivity index (χ2n) is 3.12. The molecule has 1 aromatic rings. The third-order valence-electron chi connectivity index (χ3n) is 2.16. The normalized spacial score (nSPS) is 11.5. The van der Waals surface area contributed by atoms with Crippen molar-refractivity contribution in [2.45, 2.75) is 20.3 Å². The van der Waals surface area contributed by atoms with E-state index in [1.54, 1.807) is 13.1 Å². The van der Waals surface area contributed by atoms with Gasteiger partial charge in [-0.15, -0.1) is 0 Å². The van der Waals surface area contributed by atoms with Gasteiger partial charge in [-0.05, 0) is 42.7 Å². The SMILES string of the molecule is CCc1cc(/C(C)=N/NC)ccc1O. The van der Waals surface area contributed by atoms with Gasteiger partial charge in [0.1, 0.15) is 5.75 Å². The highest BCUT2D eigenvalue weighted by atomic mass is 16.3. The van der Waals surface area contributed by atoms with Gasteiger partial charge in [-0.2, -0.15) is 5.10 Å². The molecule has 0 heterocycles. The van der Waals surface area contributed by atoms with E-state index < -0.39 is 0 Å². The molecule has 0 saturated carbocycles. The standard InChI is InChI=1S/C11H16N2O/c1-4-9-7-10(5-6-11(9)14)8(2)13-12-3/h5-7,12,14H,4H2,1-3H3/b13-8+. The molecule has 0 fully saturated rings. The lowest BCUT2D eigenvalue weighted by atomic mass is 10.1. The molecule has 0 spiro atoms. The molecule has 14 heavy (non-hydrogen) atoms. The Morgan fingerprint density at radius 3 is 2.79 bits per heavy atom. The topological polar surface area (TPSA) is 44.6 Å². The van der Waals surface area contributed by atoms with Crippen molar-refractivity contribution in [1.82, 2.24) is 5.43 Å². The Morgan fingerprint density at radius 1 is 1.50 bits per heavy atom. The maximum atomic E-state index is 9.49. The number of benzene rings is 1. The summed E-state index contributed by atoms with van der Waals surface area (Å²) in [5, 5.41) is 13.6. The minimum Gasteiger partial charge on any atom is -0.508 e. The summed E-state index contributed by atoms with van der Waals surface area (Å²) in [4.78, 5) is 0. The van der Waals surface area contributed by atoms with Crippen molar-refractivity contribution in [2.24, 2.45) is 5.10 Å². The lowest BCUT2D eigenvalue weighted by Crippen LogP contribution is -2.03. The van der Waals surface area contributed by atoms with Crippen LogP contribution in [-0.2, 0) is 6.42 Å². The van der Waals surface area contributed by atoms with E-state index in [-0.39, 0.29) is 0 Å². The second-order valence-corrected chi connectivity index (χ2v) is 3.12. The fraction of sp³-hybridized carbons (Fsp3) is 0.364. The summed E-state index contributed by atoms with van der Waals surface area (Å²) in [5.74, 6) is 0.355. The number of nitrogens with zero attached hydrogens (tertiary/aromatic N) is 1. The minimum atomic E-state index is 0.355. The van der Waals surface area contributed by atoms with Crippen LogP contribution in [0.4, 0.5) is 0 Å². The van der Waals surface area contributed by atoms with Crippen molar-refractivity contribution < 1.29 is 5.11 Å². The van der Waals surface area contributed by atoms with Gasteiger partial charge in [-0.25, -0.2) is 0 Å². The van der Waals surface area contributed by atoms with Crippen molar-refractivity contribution in [3.63, 3.8) is 0 Å². The van der Waals surface area contributed by atoms with E-state index in [1.807, 2.05) is 26.0 Å². The van der Waals surface area contributed by atoms with Crippen LogP contribution in [-0.4, -0.2) is 17.9 Å². The van der Waals surface area contributed by atoms with Gasteiger partial charge in [-0.3, -0.25) is 0 Å². The van der Waals surface area contributed by atoms with E-state index in [1.165, 1.54) is 0 Å². The molecule has 0 aromatic heterocycles. The Balaban J connectivity index is 3.06. The highest BCUT2D eigenvalue weighted by molar-refractivity contribution is 5.98. The minimum absolute atomic E-state index is 0.355. The maximum Gasteiger partial charge on any atom is 0.118 e. The first-order valence-corrected chi connectivity index (χ1v) is 4.72. The second kappa shape index (κ2) is 4.65. The fourth-order valence-electron chi connectivity index (χ4n) is 1.33. The van der Waals surface area contributed by atoms with Gasteiger partial charge in [0.05, 0.1) is 5.71 Å². The van der Waals surface area contributed by atoms with E-state index in [4.69, 9.17) is 0 Å². The molecule has 0 aliphatic rings. The molecule has 0 radical (unpaired) electrons. The number of hydrogen-bond donors (Lipinski definition) is 2. The summed E-state index contributed by atoms with van der Waals surface area (Å²) in [6, 6.07) is 5.54. The summed E-state index contributed by atoms with van der Waals surface area (Å²) in [7, 11) is 1.77. The van der Waals surface area contributed by atoms with Crippen LogP contribution in [0.5, 0.6) is 5.75 Å². The van der Waals surface area contributed by atoms with Gasteiger partial charge >= 0.3 is 0 Å². The quantitative estimate of drug-likeness (QED) is 0.567. The van der Waals surface area contributed by atoms with Crippen molar-refractivity contribution in [3.05, 3.63) is 29.3 Å². The third-order valence-corrected chi connectivity index (χ3v) is 2.16. The largest absolute Gasteiger partial charge is 0.508 e. The molecule has 0 amide bonds. The first-order valence-electron chi connectivity index (χ1n) is 4.72. The monoisotopic (exact) mass is 192 g/mol. The molecule has 1 rings (SSSR count). The number of rotatable bonds is 3. The number of nitrogens with one attached hydrogen (secondary N) is 1. The lowest BCUT2D eigenvalue weighted by Gasteiger charge is -2.05. The van der Waals surface area contributed by atoms with Crippen molar-refractivity contribution in [2.75, 3.05) is 7.05 Å². The van der Waals surface area contributed by atoms with Crippen molar-refractivity contribution in [3.8, 4) is 5.75 Å². The van der Waals surface area contributed by atoms with Crippen molar-refractivity contribution in [1.29, 1.82) is 0 Å². The average Bonchev–Trinajstić information content (AvgIpc) is 2.19. The first-order chi connectivity index (χ1) is 6.69. The molecular weight excluding hydrogens is 176 g/mol. The number of hydrogen-bond acceptors (Lipinski definition) is 3. The highest BCUT2D eigenvalue weighted by Gasteiger charge is 2.02. The van der Waals surface area contributed by atoms with Crippen LogP contribution in [0.1, 0.15) is 25.0 Å². The first kappa shape index (κ1) is 10.6. The van der Waals surface area contributed by atoms with E-state index >= 15 is 0 Å². The Kier molecular flexibility index (Phi) is 3.51. The average molecular weight is 192 g/mol. The molecule has 0 atom stereocenters. The smallest absolute Gasteiger partial charge is 0.118 e. The van der Waals surface area contributed by atoms with Crippen LogP contribution >= 0.6 is 0 Å². The van der Waals surface area contributed by atoms with Gasteiger partial charge < -0.3 is 10.5 Å². The van der Waals surface area contributed by atoms with Crippen LogP contribution in [0.25, 0.3) is 0 Å². The van der Waals surface area contributed by atoms with Gasteiger partial charge in [0.15, 0.2) is 0 Å². The molecule has 1 aromatic carbocycles. The zero-order chi connectivity index (χ0) is 10.6. The van der Waals surface area contributed by atoms with E-state index in [9.17, 15) is 5.11 Å². The molecule has 76 valence electrons. The van der Waals surface area contributed by atoms with E-state index in [0.29, 0.717) is 5.75 Å². The van der Waals surface area contributed by atoms with Crippen LogP contribution in [0.15, 0.2) is 23.3 Å². The predicted octanol–water partition coefficient (Wildman–Crippen LogP) is 1.90. The Hall–Kier alpha value is -1.51. The Bertz CT molecular complexity index is 345. The molecule has 0 aliphatic carbocycles. The van der Waals surface area contributed by atoms with E-state index in [2.05, 4.69) is 10.5 Å². The Morgan fingerprint density at radius 2 is 2.21 bits per heavy atom. The summed E-state index contributed by atoms with van der Waals surface area (Å²) in [5.41, 5.74) is 5.65. The van der Waals surface area contributed by atoms with Crippen LogP contribution < -0.4 is 5.43 Å². The van der Waals surface area contributed by atoms with Gasteiger partial charge in [-0.1, -0.05) is 6.92 Å². The number of aromatic hydroxyl groups is 1. The third kappa shape index (κ3) is 2.25. The molecule has 0 saturated heterocycles. The van der Waals surface area contributed by atoms with Gasteiger partial charge in [0.2, 0.25) is 0 Å². The van der Waals surface area contributed by atoms with Gasteiger partial charge in [0.25, 0.3) is 0 Å². The van der Waals surface area contributed by atoms with E-state index in [0.717, 1.165) is 23.3 Å². The molecule has 2 N–H and O–H groups in total. The van der Waals surface area contributed by atoms with Crippen molar-refractivity contribution >= 4 is 5.71 Å². The summed E-state index contributed by atoms with van der Waals surface area (Å²) in [6.45, 7) is 3.95. The Labute approximate surface area is 84.5 Å². The zero-order valence-electron chi connectivity index (χ0n) is 8.83. The molecule has 0 bridgehead atoms. The summed E-state index contributed by atoms with van der Waals surface area (Å²) < 4.78 is 0. The van der Waals surface area contributed by atoms with Crippen LogP contribution in [0.3, 0.4) is 0 Å². The number of aryl methyl sites for hydroxylation is 1. The zero-order valence-corrected chi connectivity index (χ0v) is 8.83. The molecule has 3 heteroatoms. The number of hydrazone groups is 1. The molecule has 3 nitrogen and oxygen atoms in total. The maximum absolute atomic E-state index is 9.49. The number of phenols is 1. The highest BCUT2D eigenvalue weighted by Crippen LogP contribution is 2.19. The fourth-order valence-corrected chi connectivity index (χ4v) is 1.33. The molecule has 0 unspecified atom stereocenters.